The van der Waals surface area contributed by atoms with Crippen molar-refractivity contribution in [3.63, 3.8) is 0 Å². The molecule has 0 unspecified atom stereocenters. The molecule has 2 N–H and O–H groups in total. The smallest absolute Gasteiger partial charge is 0.342 e. The maximum absolute atomic E-state index is 12.2. The second-order valence-electron chi connectivity index (χ2n) is 8.79. The summed E-state index contributed by atoms with van der Waals surface area (Å²) in [4.78, 5) is 24.3. The van der Waals surface area contributed by atoms with Crippen LogP contribution < -0.4 is 5.32 Å². The highest BCUT2D eigenvalue weighted by Crippen LogP contribution is 2.59. The fourth-order valence-electron chi connectivity index (χ4n) is 5.87. The fraction of sp³-hybridized carbons (Fsp3) is 0.619. The predicted molar refractivity (Wildman–Crippen MR) is 96.7 cm³/mol. The molecule has 140 valence electrons. The molecule has 4 bridgehead atoms. The first kappa shape index (κ1) is 17.4. The highest BCUT2D eigenvalue weighted by Gasteiger charge is 2.50. The lowest BCUT2D eigenvalue weighted by molar-refractivity contribution is -0.126. The second-order valence-corrected chi connectivity index (χ2v) is 8.79. The van der Waals surface area contributed by atoms with Gasteiger partial charge in [-0.3, -0.25) is 4.79 Å². The summed E-state index contributed by atoms with van der Waals surface area (Å²) < 4.78 is 5.09. The molecule has 0 radical (unpaired) electrons. The normalized spacial score (nSPS) is 31.7. The lowest BCUT2D eigenvalue weighted by Gasteiger charge is -2.56. The van der Waals surface area contributed by atoms with Crippen LogP contribution in [0, 0.1) is 30.1 Å². The number of benzene rings is 1. The highest BCUT2D eigenvalue weighted by molar-refractivity contribution is 5.94. The zero-order valence-electron chi connectivity index (χ0n) is 15.3. The van der Waals surface area contributed by atoms with Crippen molar-refractivity contribution in [2.45, 2.75) is 45.4 Å². The lowest BCUT2D eigenvalue weighted by Crippen LogP contribution is -2.51. The van der Waals surface area contributed by atoms with E-state index in [1.165, 1.54) is 44.6 Å². The molecule has 26 heavy (non-hydrogen) atoms. The van der Waals surface area contributed by atoms with Crippen LogP contribution in [0.5, 0.6) is 5.75 Å². The standard InChI is InChI=1S/C21H27NO4/c1-13-2-3-18(23)17(4-13)20(25)26-11-19(24)22-12-21-8-14-5-15(9-21)7-16(6-14)10-21/h2-4,14-16,23H,5-12H2,1H3,(H,22,24). The molecule has 5 rings (SSSR count). The zero-order valence-corrected chi connectivity index (χ0v) is 15.3. The largest absolute Gasteiger partial charge is 0.507 e. The van der Waals surface area contributed by atoms with E-state index in [1.807, 2.05) is 6.92 Å². The van der Waals surface area contributed by atoms with E-state index in [0.29, 0.717) is 6.54 Å². The molecule has 0 heterocycles. The van der Waals surface area contributed by atoms with Crippen LogP contribution in [0.1, 0.15) is 54.4 Å². The van der Waals surface area contributed by atoms with Gasteiger partial charge in [0.05, 0.1) is 0 Å². The summed E-state index contributed by atoms with van der Waals surface area (Å²) in [6, 6.07) is 4.73. The van der Waals surface area contributed by atoms with Gasteiger partial charge in [0.2, 0.25) is 0 Å². The second kappa shape index (κ2) is 6.60. The molecule has 0 aromatic heterocycles. The van der Waals surface area contributed by atoms with Gasteiger partial charge in [-0.05, 0) is 80.8 Å². The number of esters is 1. The lowest BCUT2D eigenvalue weighted by atomic mass is 9.49. The van der Waals surface area contributed by atoms with Gasteiger partial charge in [-0.25, -0.2) is 4.79 Å². The molecule has 5 heteroatoms. The molecule has 1 aromatic carbocycles. The third-order valence-electron chi connectivity index (χ3n) is 6.53. The van der Waals surface area contributed by atoms with Crippen LogP contribution in [0.4, 0.5) is 0 Å². The summed E-state index contributed by atoms with van der Waals surface area (Å²) in [7, 11) is 0. The molecule has 1 amide bonds. The van der Waals surface area contributed by atoms with Gasteiger partial charge in [0.1, 0.15) is 11.3 Å². The number of phenolic OH excluding ortho intramolecular Hbond substituents is 1. The minimum Gasteiger partial charge on any atom is -0.507 e. The molecule has 4 aliphatic carbocycles. The minimum absolute atomic E-state index is 0.0962. The first-order valence-corrected chi connectivity index (χ1v) is 9.66. The zero-order chi connectivity index (χ0) is 18.3. The summed E-state index contributed by atoms with van der Waals surface area (Å²) in [5.41, 5.74) is 1.21. The summed E-state index contributed by atoms with van der Waals surface area (Å²) >= 11 is 0. The molecule has 5 nitrogen and oxygen atoms in total. The van der Waals surface area contributed by atoms with Crippen molar-refractivity contribution in [3.05, 3.63) is 29.3 Å². The summed E-state index contributed by atoms with van der Waals surface area (Å²) in [6.07, 6.45) is 7.84. The van der Waals surface area contributed by atoms with Gasteiger partial charge in [-0.2, -0.15) is 0 Å². The number of carbonyl (C=O) groups excluding carboxylic acids is 2. The van der Waals surface area contributed by atoms with Crippen LogP contribution in [0.15, 0.2) is 18.2 Å². The molecule has 0 spiro atoms. The van der Waals surface area contributed by atoms with E-state index in [0.717, 1.165) is 23.3 Å². The van der Waals surface area contributed by atoms with Crippen molar-refractivity contribution in [1.82, 2.24) is 5.32 Å². The van der Waals surface area contributed by atoms with E-state index in [-0.39, 0.29) is 29.2 Å². The fourth-order valence-corrected chi connectivity index (χ4v) is 5.87. The number of aryl methyl sites for hydroxylation is 1. The Morgan fingerprint density at radius 3 is 2.38 bits per heavy atom. The van der Waals surface area contributed by atoms with E-state index in [2.05, 4.69) is 5.32 Å². The first-order valence-electron chi connectivity index (χ1n) is 9.66. The van der Waals surface area contributed by atoms with Gasteiger partial charge >= 0.3 is 5.97 Å². The number of phenols is 1. The SMILES string of the molecule is Cc1ccc(O)c(C(=O)OCC(=O)NCC23CC4CC(CC(C4)C2)C3)c1. The molecule has 4 fully saturated rings. The van der Waals surface area contributed by atoms with Crippen molar-refractivity contribution in [2.75, 3.05) is 13.2 Å². The van der Waals surface area contributed by atoms with Crippen LogP contribution in [0.3, 0.4) is 0 Å². The Morgan fingerprint density at radius 1 is 1.15 bits per heavy atom. The monoisotopic (exact) mass is 357 g/mol. The third kappa shape index (κ3) is 3.44. The van der Waals surface area contributed by atoms with Crippen LogP contribution in [-0.4, -0.2) is 30.1 Å². The topological polar surface area (TPSA) is 75.6 Å². The van der Waals surface area contributed by atoms with E-state index in [1.54, 1.807) is 12.1 Å². The predicted octanol–water partition coefficient (Wildman–Crippen LogP) is 3.19. The number of hydrogen-bond donors (Lipinski definition) is 2. The molecule has 0 aliphatic heterocycles. The highest BCUT2D eigenvalue weighted by atomic mass is 16.5. The van der Waals surface area contributed by atoms with E-state index >= 15 is 0 Å². The number of ether oxygens (including phenoxy) is 1. The maximum atomic E-state index is 12.2. The molecule has 1 aromatic rings. The Hall–Kier alpha value is -2.04. The van der Waals surface area contributed by atoms with Crippen molar-refractivity contribution >= 4 is 11.9 Å². The molecule has 4 saturated carbocycles. The van der Waals surface area contributed by atoms with Gasteiger partial charge in [-0.1, -0.05) is 11.6 Å². The summed E-state index contributed by atoms with van der Waals surface area (Å²) in [5, 5.41) is 12.8. The molecule has 4 aliphatic rings. The quantitative estimate of drug-likeness (QED) is 0.794. The maximum Gasteiger partial charge on any atom is 0.342 e. The van der Waals surface area contributed by atoms with Crippen molar-refractivity contribution in [2.24, 2.45) is 23.2 Å². The van der Waals surface area contributed by atoms with Crippen molar-refractivity contribution in [1.29, 1.82) is 0 Å². The van der Waals surface area contributed by atoms with Gasteiger partial charge < -0.3 is 15.2 Å². The number of carbonyl (C=O) groups is 2. The summed E-state index contributed by atoms with van der Waals surface area (Å²) in [5.74, 6) is 1.48. The van der Waals surface area contributed by atoms with Crippen LogP contribution in [0.25, 0.3) is 0 Å². The molecule has 0 atom stereocenters. The Labute approximate surface area is 154 Å². The minimum atomic E-state index is -0.670. The van der Waals surface area contributed by atoms with E-state index < -0.39 is 5.97 Å². The number of aromatic hydroxyl groups is 1. The Kier molecular flexibility index (Phi) is 4.41. The Morgan fingerprint density at radius 2 is 1.77 bits per heavy atom. The average molecular weight is 357 g/mol. The number of nitrogens with one attached hydrogen (secondary N) is 1. The van der Waals surface area contributed by atoms with Crippen molar-refractivity contribution < 1.29 is 19.4 Å². The van der Waals surface area contributed by atoms with Gasteiger partial charge in [-0.15, -0.1) is 0 Å². The van der Waals surface area contributed by atoms with Crippen LogP contribution in [0.2, 0.25) is 0 Å². The van der Waals surface area contributed by atoms with E-state index in [4.69, 9.17) is 4.74 Å². The molecular formula is C21H27NO4. The Bertz CT molecular complexity index is 691. The average Bonchev–Trinajstić information content (AvgIpc) is 2.59. The first-order chi connectivity index (χ1) is 12.4. The number of amides is 1. The molecule has 0 saturated heterocycles. The van der Waals surface area contributed by atoms with Crippen molar-refractivity contribution in [3.8, 4) is 5.75 Å². The van der Waals surface area contributed by atoms with Gasteiger partial charge in [0, 0.05) is 6.54 Å². The number of rotatable bonds is 5. The summed E-state index contributed by atoms with van der Waals surface area (Å²) in [6.45, 7) is 2.22. The van der Waals surface area contributed by atoms with Crippen LogP contribution in [-0.2, 0) is 9.53 Å². The third-order valence-corrected chi connectivity index (χ3v) is 6.53. The van der Waals surface area contributed by atoms with Gasteiger partial charge in [0.25, 0.3) is 5.91 Å². The van der Waals surface area contributed by atoms with Gasteiger partial charge in [0.15, 0.2) is 6.61 Å². The van der Waals surface area contributed by atoms with E-state index in [9.17, 15) is 14.7 Å². The molecular weight excluding hydrogens is 330 g/mol. The number of hydrogen-bond acceptors (Lipinski definition) is 4. The Balaban J connectivity index is 1.28. The van der Waals surface area contributed by atoms with Crippen LogP contribution >= 0.6 is 0 Å².